The number of Topliss-reactive ketones (excluding diaryl/α,β-unsaturated/α-hetero) is 2. The molecule has 1 N–H and O–H groups in total. The Bertz CT molecular complexity index is 892. The van der Waals surface area contributed by atoms with Gasteiger partial charge in [-0.2, -0.15) is 0 Å². The van der Waals surface area contributed by atoms with Crippen LogP contribution in [0.3, 0.4) is 0 Å². The van der Waals surface area contributed by atoms with Crippen molar-refractivity contribution in [1.29, 1.82) is 0 Å². The molecule has 6 nitrogen and oxygen atoms in total. The van der Waals surface area contributed by atoms with Gasteiger partial charge in [0.05, 0.1) is 0 Å². The van der Waals surface area contributed by atoms with Crippen LogP contribution in [0, 0.1) is 5.92 Å². The summed E-state index contributed by atoms with van der Waals surface area (Å²) in [5, 5.41) is 2.90. The van der Waals surface area contributed by atoms with Crippen molar-refractivity contribution in [2.75, 3.05) is 5.32 Å². The summed E-state index contributed by atoms with van der Waals surface area (Å²) >= 11 is 0. The molecular formula is C17H10N2O4. The number of rotatable bonds is 1. The van der Waals surface area contributed by atoms with Crippen molar-refractivity contribution in [3.8, 4) is 0 Å². The third-order valence-electron chi connectivity index (χ3n) is 4.12. The second-order valence-electron chi connectivity index (χ2n) is 5.35. The molecule has 0 saturated carbocycles. The lowest BCUT2D eigenvalue weighted by Crippen LogP contribution is -2.22. The zero-order valence-electron chi connectivity index (χ0n) is 11.8. The maximum atomic E-state index is 12.7. The number of nitrogens with zero attached hydrogens (tertiary/aromatic N) is 1. The van der Waals surface area contributed by atoms with Crippen molar-refractivity contribution in [2.45, 2.75) is 0 Å². The van der Waals surface area contributed by atoms with Crippen molar-refractivity contribution < 1.29 is 19.2 Å². The number of nitrogens with one attached hydrogen (secondary N) is 1. The van der Waals surface area contributed by atoms with E-state index < -0.39 is 17.5 Å². The molecule has 1 unspecified atom stereocenters. The number of anilines is 1. The fourth-order valence-electron chi connectivity index (χ4n) is 3.09. The van der Waals surface area contributed by atoms with Gasteiger partial charge in [-0.25, -0.2) is 0 Å². The molecule has 1 amide bonds. The molecule has 6 heteroatoms. The number of carbonyl (C=O) groups excluding carboxylic acids is 4. The number of allylic oxidation sites excluding steroid dienone is 6. The van der Waals surface area contributed by atoms with Gasteiger partial charge < -0.3 is 5.32 Å². The van der Waals surface area contributed by atoms with Crippen LogP contribution in [0.5, 0.6) is 0 Å². The van der Waals surface area contributed by atoms with E-state index in [0.29, 0.717) is 17.7 Å². The summed E-state index contributed by atoms with van der Waals surface area (Å²) in [6.45, 7) is 0. The molecule has 1 aromatic rings. The highest BCUT2D eigenvalue weighted by molar-refractivity contribution is 6.26. The van der Waals surface area contributed by atoms with E-state index >= 15 is 0 Å². The standard InChI is InChI=1S/C17H10N2O4/c20-8-19-11-6-3-7-12(21)13(11)17(23)15(19)14-16(22)9-4-1-2-5-10(9)18-14/h1-8,13,18H/b15-14-. The molecular weight excluding hydrogens is 296 g/mol. The maximum absolute atomic E-state index is 12.7. The number of likely N-dealkylation sites (tertiary alicyclic amines) is 1. The molecule has 23 heavy (non-hydrogen) atoms. The molecule has 0 bridgehead atoms. The predicted octanol–water partition coefficient (Wildman–Crippen LogP) is 1.19. The predicted molar refractivity (Wildman–Crippen MR) is 80.1 cm³/mol. The molecule has 0 spiro atoms. The second-order valence-corrected chi connectivity index (χ2v) is 5.35. The van der Waals surface area contributed by atoms with Crippen LogP contribution in [0.1, 0.15) is 10.4 Å². The molecule has 3 aliphatic rings. The quantitative estimate of drug-likeness (QED) is 0.478. The molecule has 4 rings (SSSR count). The normalized spacial score (nSPS) is 25.2. The Hall–Kier alpha value is -3.28. The zero-order chi connectivity index (χ0) is 16.1. The molecule has 1 atom stereocenters. The van der Waals surface area contributed by atoms with Crippen molar-refractivity contribution in [2.24, 2.45) is 5.92 Å². The van der Waals surface area contributed by atoms with Gasteiger partial charge in [0.2, 0.25) is 12.2 Å². The van der Waals surface area contributed by atoms with Gasteiger partial charge in [-0.05, 0) is 24.3 Å². The first-order valence-electron chi connectivity index (χ1n) is 6.99. The average Bonchev–Trinajstić information content (AvgIpc) is 3.03. The Morgan fingerprint density at radius 2 is 1.91 bits per heavy atom. The van der Waals surface area contributed by atoms with Crippen molar-refractivity contribution in [3.05, 3.63) is 65.1 Å². The first-order valence-corrected chi connectivity index (χ1v) is 6.99. The van der Waals surface area contributed by atoms with Gasteiger partial charge in [-0.3, -0.25) is 24.1 Å². The number of fused-ring (bicyclic) bond motifs is 2. The van der Waals surface area contributed by atoms with E-state index in [2.05, 4.69) is 5.32 Å². The summed E-state index contributed by atoms with van der Waals surface area (Å²) in [6, 6.07) is 6.83. The van der Waals surface area contributed by atoms with E-state index in [1.807, 2.05) is 0 Å². The summed E-state index contributed by atoms with van der Waals surface area (Å²) in [7, 11) is 0. The fraction of sp³-hybridized carbons (Fsp3) is 0.0588. The van der Waals surface area contributed by atoms with E-state index in [1.54, 1.807) is 30.3 Å². The van der Waals surface area contributed by atoms with E-state index in [4.69, 9.17) is 0 Å². The van der Waals surface area contributed by atoms with Crippen LogP contribution >= 0.6 is 0 Å². The van der Waals surface area contributed by atoms with Gasteiger partial charge in [0.25, 0.3) is 0 Å². The van der Waals surface area contributed by atoms with Crippen LogP contribution in [0.2, 0.25) is 0 Å². The first kappa shape index (κ1) is 13.4. The van der Waals surface area contributed by atoms with Crippen molar-refractivity contribution >= 4 is 29.4 Å². The number of ketones is 3. The number of amides is 1. The lowest BCUT2D eigenvalue weighted by atomic mass is 9.93. The van der Waals surface area contributed by atoms with E-state index in [0.717, 1.165) is 4.90 Å². The summed E-state index contributed by atoms with van der Waals surface area (Å²) in [5.74, 6) is -2.35. The van der Waals surface area contributed by atoms with Gasteiger partial charge in [-0.1, -0.05) is 18.2 Å². The van der Waals surface area contributed by atoms with Gasteiger partial charge in [-0.15, -0.1) is 0 Å². The van der Waals surface area contributed by atoms with Crippen LogP contribution in [0.15, 0.2) is 59.6 Å². The van der Waals surface area contributed by atoms with Gasteiger partial charge in [0.1, 0.15) is 17.3 Å². The highest BCUT2D eigenvalue weighted by atomic mass is 16.2. The molecule has 2 aliphatic heterocycles. The lowest BCUT2D eigenvalue weighted by Gasteiger charge is -2.15. The molecule has 1 saturated heterocycles. The molecule has 1 aromatic carbocycles. The van der Waals surface area contributed by atoms with Crippen LogP contribution in [-0.2, 0) is 14.4 Å². The SMILES string of the molecule is O=CN1C2=CC=CC(=O)C2C(=O)/C1=C1/Nc2ccccc2C1=O. The summed E-state index contributed by atoms with van der Waals surface area (Å²) in [5.41, 5.74) is 1.25. The van der Waals surface area contributed by atoms with Crippen LogP contribution in [-0.4, -0.2) is 28.7 Å². The molecule has 112 valence electrons. The molecule has 0 radical (unpaired) electrons. The van der Waals surface area contributed by atoms with E-state index in [9.17, 15) is 19.2 Å². The summed E-state index contributed by atoms with van der Waals surface area (Å²) in [4.78, 5) is 49.8. The highest BCUT2D eigenvalue weighted by Gasteiger charge is 2.47. The minimum atomic E-state index is -1.05. The number of hydrogen-bond acceptors (Lipinski definition) is 5. The zero-order valence-corrected chi connectivity index (χ0v) is 11.8. The topological polar surface area (TPSA) is 83.6 Å². The molecule has 0 aromatic heterocycles. The lowest BCUT2D eigenvalue weighted by molar-refractivity contribution is -0.125. The van der Waals surface area contributed by atoms with Gasteiger partial charge in [0.15, 0.2) is 11.6 Å². The second kappa shape index (κ2) is 4.61. The van der Waals surface area contributed by atoms with Gasteiger partial charge in [0, 0.05) is 16.9 Å². The monoisotopic (exact) mass is 306 g/mol. The Morgan fingerprint density at radius 1 is 1.13 bits per heavy atom. The number of benzene rings is 1. The van der Waals surface area contributed by atoms with Crippen LogP contribution < -0.4 is 5.32 Å². The first-order chi connectivity index (χ1) is 11.1. The van der Waals surface area contributed by atoms with E-state index in [-0.39, 0.29) is 22.9 Å². The third kappa shape index (κ3) is 1.69. The largest absolute Gasteiger partial charge is 0.350 e. The summed E-state index contributed by atoms with van der Waals surface area (Å²) in [6.07, 6.45) is 4.78. The Morgan fingerprint density at radius 3 is 2.65 bits per heavy atom. The number of carbonyl (C=O) groups is 4. The summed E-state index contributed by atoms with van der Waals surface area (Å²) < 4.78 is 0. The Kier molecular flexibility index (Phi) is 2.68. The maximum Gasteiger partial charge on any atom is 0.218 e. The third-order valence-corrected chi connectivity index (χ3v) is 4.12. The van der Waals surface area contributed by atoms with Gasteiger partial charge >= 0.3 is 0 Å². The Balaban J connectivity index is 1.90. The van der Waals surface area contributed by atoms with Crippen molar-refractivity contribution in [1.82, 2.24) is 4.90 Å². The number of hydrogen-bond donors (Lipinski definition) is 1. The molecule has 2 heterocycles. The minimum Gasteiger partial charge on any atom is -0.350 e. The smallest absolute Gasteiger partial charge is 0.218 e. The van der Waals surface area contributed by atoms with Crippen LogP contribution in [0.4, 0.5) is 5.69 Å². The molecule has 1 fully saturated rings. The average molecular weight is 306 g/mol. The van der Waals surface area contributed by atoms with E-state index in [1.165, 1.54) is 12.2 Å². The van der Waals surface area contributed by atoms with Crippen LogP contribution in [0.25, 0.3) is 0 Å². The highest BCUT2D eigenvalue weighted by Crippen LogP contribution is 2.39. The van der Waals surface area contributed by atoms with Crippen molar-refractivity contribution in [3.63, 3.8) is 0 Å². The number of para-hydroxylation sites is 1. The minimum absolute atomic E-state index is 0.0337. The molecule has 1 aliphatic carbocycles. The fourth-order valence-corrected chi connectivity index (χ4v) is 3.09. The Labute approximate surface area is 130 Å².